The molecule has 0 radical (unpaired) electrons. The summed E-state index contributed by atoms with van der Waals surface area (Å²) in [6, 6.07) is 10.2. The number of fused-ring (bicyclic) bond motifs is 1. The third-order valence-corrected chi connectivity index (χ3v) is 15.3. The van der Waals surface area contributed by atoms with Gasteiger partial charge in [-0.15, -0.1) is 0 Å². The van der Waals surface area contributed by atoms with Crippen LogP contribution in [0.3, 0.4) is 0 Å². The Kier molecular flexibility index (Phi) is 22.6. The van der Waals surface area contributed by atoms with Crippen LogP contribution >= 0.6 is 0 Å². The van der Waals surface area contributed by atoms with E-state index < -0.39 is 21.9 Å². The molecule has 3 N–H and O–H groups in total. The molecule has 1 saturated carbocycles. The van der Waals surface area contributed by atoms with Gasteiger partial charge in [-0.1, -0.05) is 90.6 Å². The van der Waals surface area contributed by atoms with Gasteiger partial charge in [0.25, 0.3) is 10.0 Å². The Bertz CT molecular complexity index is 2180. The Hall–Kier alpha value is -4.12. The number of benzene rings is 2. The lowest BCUT2D eigenvalue weighted by molar-refractivity contribution is -0.173. The van der Waals surface area contributed by atoms with Gasteiger partial charge in [0.15, 0.2) is 0 Å². The molecule has 2 aliphatic heterocycles. The van der Waals surface area contributed by atoms with Crippen molar-refractivity contribution >= 4 is 39.6 Å². The smallest absolute Gasteiger partial charge is 0.338 e. The Morgan fingerprint density at radius 2 is 1.71 bits per heavy atom. The van der Waals surface area contributed by atoms with E-state index >= 15 is 0 Å². The molecule has 388 valence electrons. The predicted molar refractivity (Wildman–Crippen MR) is 276 cm³/mol. The van der Waals surface area contributed by atoms with E-state index in [0.29, 0.717) is 31.6 Å². The van der Waals surface area contributed by atoms with E-state index in [-0.39, 0.29) is 90.6 Å². The molecular formula is C54H86N4O10S. The molecule has 2 heterocycles. The fourth-order valence-corrected chi connectivity index (χ4v) is 11.1. The third kappa shape index (κ3) is 15.4. The number of epoxide rings is 2. The highest BCUT2D eigenvalue weighted by Gasteiger charge is 2.72. The summed E-state index contributed by atoms with van der Waals surface area (Å²) in [5, 5.41) is 12.8. The SMILES string of the molecule is C.C.CCN(CC)C/C=C\c1ccccc1S(=O)(=O)Nc1ccc2c(c1C(=O)O)CCCC2.CO[C@@H]1[C@H](OC(=O)C[C@@H](C(=O)NCCCN(C)C)C(C)C)CC[C@]2(CO2)[C@H]1[C@@]1(C)O[C@@H]1CC=C(C)C. The highest BCUT2D eigenvalue weighted by molar-refractivity contribution is 7.92. The summed E-state index contributed by atoms with van der Waals surface area (Å²) in [6.07, 6.45) is 12.0. The number of hydrogen-bond acceptors (Lipinski definition) is 11. The average Bonchev–Trinajstić information content (AvgIpc) is 4.21. The molecule has 0 bridgehead atoms. The van der Waals surface area contributed by atoms with Gasteiger partial charge in [0.05, 0.1) is 47.1 Å². The number of nitrogens with zero attached hydrogens (tertiary/aromatic N) is 2. The maximum Gasteiger partial charge on any atom is 0.338 e. The largest absolute Gasteiger partial charge is 0.478 e. The number of hydrogen-bond donors (Lipinski definition) is 3. The first-order valence-corrected chi connectivity index (χ1v) is 25.8. The molecule has 6 rings (SSSR count). The van der Waals surface area contributed by atoms with E-state index in [4.69, 9.17) is 18.9 Å². The molecule has 2 aliphatic carbocycles. The van der Waals surface area contributed by atoms with Gasteiger partial charge in [0, 0.05) is 20.2 Å². The van der Waals surface area contributed by atoms with E-state index in [1.54, 1.807) is 37.5 Å². The number of carbonyl (C=O) groups excluding carboxylic acids is 2. The van der Waals surface area contributed by atoms with Crippen LogP contribution in [0.4, 0.5) is 5.69 Å². The summed E-state index contributed by atoms with van der Waals surface area (Å²) >= 11 is 0. The van der Waals surface area contributed by atoms with Crippen LogP contribution in [-0.2, 0) is 51.4 Å². The first-order valence-electron chi connectivity index (χ1n) is 24.3. The van der Waals surface area contributed by atoms with Crippen molar-refractivity contribution in [1.82, 2.24) is 15.1 Å². The standard InChI is InChI=1S/C28H48N2O6.C24H30N2O4S.2CH4/c1-18(2)10-11-22-27(5,36-22)25-24(33-8)21(12-13-28(25)17-34-28)35-23(31)16-20(19(3)4)26(32)29-14-9-15-30(6)7;1-3-26(4-2)17-9-12-19-11-6-8-14-22(19)31(29,30)25-21-16-15-18-10-5-7-13-20(18)23(21)24(27)28;;/h10,19-22,24-25H,9,11-17H2,1-8H3,(H,29,32);6,8-9,11-12,14-16,25H,3-5,7,10,13,17H2,1-2H3,(H,27,28);2*1H4/b;12-9-;;/t20-,21-,22-,24-,25-,27+,28+;;;/m1.../s1. The monoisotopic (exact) mass is 983 g/mol. The van der Waals surface area contributed by atoms with E-state index in [0.717, 1.165) is 75.8 Å². The summed E-state index contributed by atoms with van der Waals surface area (Å²) in [4.78, 5) is 42.3. The van der Waals surface area contributed by atoms with Gasteiger partial charge in [-0.05, 0) is 141 Å². The minimum atomic E-state index is -3.97. The molecule has 1 amide bonds. The van der Waals surface area contributed by atoms with Crippen LogP contribution in [-0.4, -0.2) is 131 Å². The van der Waals surface area contributed by atoms with Crippen LogP contribution in [0.5, 0.6) is 0 Å². The summed E-state index contributed by atoms with van der Waals surface area (Å²) in [6.45, 7) is 19.2. The number of carboxylic acids is 1. The molecule has 2 aromatic carbocycles. The van der Waals surface area contributed by atoms with Crippen LogP contribution in [0.15, 0.2) is 59.0 Å². The van der Waals surface area contributed by atoms with Crippen molar-refractivity contribution < 1.29 is 46.9 Å². The van der Waals surface area contributed by atoms with Crippen molar-refractivity contribution in [3.05, 3.63) is 76.4 Å². The van der Waals surface area contributed by atoms with Gasteiger partial charge >= 0.3 is 11.9 Å². The van der Waals surface area contributed by atoms with E-state index in [1.165, 1.54) is 11.6 Å². The summed E-state index contributed by atoms with van der Waals surface area (Å²) in [5.74, 6) is -1.95. The van der Waals surface area contributed by atoms with Crippen LogP contribution in [0, 0.1) is 17.8 Å². The number of methoxy groups -OCH3 is 1. The van der Waals surface area contributed by atoms with Crippen molar-refractivity contribution in [2.24, 2.45) is 17.8 Å². The number of sulfonamides is 1. The van der Waals surface area contributed by atoms with Gasteiger partial charge in [-0.3, -0.25) is 14.3 Å². The minimum absolute atomic E-state index is 0. The summed E-state index contributed by atoms with van der Waals surface area (Å²) in [7, 11) is 1.72. The number of rotatable bonds is 22. The summed E-state index contributed by atoms with van der Waals surface area (Å²) in [5.41, 5.74) is 3.12. The fraction of sp³-hybridized carbons (Fsp3) is 0.648. The number of amides is 1. The zero-order chi connectivity index (χ0) is 49.1. The molecule has 2 aromatic rings. The quantitative estimate of drug-likeness (QED) is 0.0442. The van der Waals surface area contributed by atoms with Crippen molar-refractivity contribution in [3.63, 3.8) is 0 Å². The molecule has 0 aromatic heterocycles. The molecule has 7 atom stereocenters. The lowest BCUT2D eigenvalue weighted by Gasteiger charge is -2.42. The van der Waals surface area contributed by atoms with E-state index in [1.807, 2.05) is 40.1 Å². The Morgan fingerprint density at radius 3 is 2.32 bits per heavy atom. The van der Waals surface area contributed by atoms with Gasteiger partial charge in [0.1, 0.15) is 23.4 Å². The topological polar surface area (TPSA) is 180 Å². The maximum atomic E-state index is 13.2. The van der Waals surface area contributed by atoms with Gasteiger partial charge in [0.2, 0.25) is 5.91 Å². The number of likely N-dealkylation sites (N-methyl/N-ethyl adjacent to an activating group) is 1. The number of ether oxygens (including phenoxy) is 4. The van der Waals surface area contributed by atoms with E-state index in [2.05, 4.69) is 60.5 Å². The lowest BCUT2D eigenvalue weighted by Crippen LogP contribution is -2.55. The highest BCUT2D eigenvalue weighted by Crippen LogP contribution is 2.59. The second kappa shape index (κ2) is 26.4. The van der Waals surface area contributed by atoms with Gasteiger partial charge < -0.3 is 39.2 Å². The second-order valence-electron chi connectivity index (χ2n) is 19.6. The van der Waals surface area contributed by atoms with Crippen LogP contribution in [0.2, 0.25) is 0 Å². The Morgan fingerprint density at radius 1 is 1.03 bits per heavy atom. The maximum absolute atomic E-state index is 13.2. The Labute approximate surface area is 415 Å². The zero-order valence-corrected chi connectivity index (χ0v) is 42.5. The molecule has 15 heteroatoms. The number of nitrogens with one attached hydrogen (secondary N) is 2. The van der Waals surface area contributed by atoms with Crippen molar-refractivity contribution in [2.75, 3.05) is 65.3 Å². The second-order valence-corrected chi connectivity index (χ2v) is 21.2. The molecule has 0 unspecified atom stereocenters. The van der Waals surface area contributed by atoms with Crippen LogP contribution in [0.1, 0.15) is 135 Å². The molecular weight excluding hydrogens is 897 g/mol. The minimum Gasteiger partial charge on any atom is -0.478 e. The van der Waals surface area contributed by atoms with E-state index in [9.17, 15) is 27.9 Å². The van der Waals surface area contributed by atoms with Crippen LogP contribution < -0.4 is 10.0 Å². The highest BCUT2D eigenvalue weighted by atomic mass is 32.2. The third-order valence-electron chi connectivity index (χ3n) is 13.9. The average molecular weight is 983 g/mol. The summed E-state index contributed by atoms with van der Waals surface area (Å²) < 4.78 is 53.2. The molecule has 1 spiro atoms. The molecule has 69 heavy (non-hydrogen) atoms. The van der Waals surface area contributed by atoms with Crippen molar-refractivity contribution in [2.45, 2.75) is 156 Å². The fourth-order valence-electron chi connectivity index (χ4n) is 9.87. The number of carbonyl (C=O) groups is 3. The molecule has 3 fully saturated rings. The number of allylic oxidation sites excluding steroid dienone is 1. The zero-order valence-electron chi connectivity index (χ0n) is 41.7. The number of anilines is 1. The van der Waals surface area contributed by atoms with Gasteiger partial charge in [-0.2, -0.15) is 0 Å². The number of esters is 1. The normalized spacial score (nSPS) is 24.0. The molecule has 14 nitrogen and oxygen atoms in total. The number of aromatic carboxylic acids is 1. The van der Waals surface area contributed by atoms with Gasteiger partial charge in [-0.25, -0.2) is 13.2 Å². The molecule has 4 aliphatic rings. The van der Waals surface area contributed by atoms with Crippen molar-refractivity contribution in [1.29, 1.82) is 0 Å². The Balaban J connectivity index is 0.000000359. The first kappa shape index (κ1) is 59.2. The first-order chi connectivity index (χ1) is 31.8. The number of carboxylic acid groups (broad SMARTS) is 1. The van der Waals surface area contributed by atoms with Crippen molar-refractivity contribution in [3.8, 4) is 0 Å². The predicted octanol–water partition coefficient (Wildman–Crippen LogP) is 9.03. The molecule has 2 saturated heterocycles. The van der Waals surface area contributed by atoms with Crippen LogP contribution in [0.25, 0.3) is 6.08 Å². The number of aryl methyl sites for hydroxylation is 1. The lowest BCUT2D eigenvalue weighted by atomic mass is 9.68.